The summed E-state index contributed by atoms with van der Waals surface area (Å²) in [7, 11) is 0. The van der Waals surface area contributed by atoms with E-state index in [1.165, 1.54) is 25.1 Å². The van der Waals surface area contributed by atoms with Gasteiger partial charge in [-0.3, -0.25) is 4.98 Å². The molecule has 1 fully saturated rings. The van der Waals surface area contributed by atoms with Crippen LogP contribution in [-0.2, 0) is 0 Å². The number of hydrogen-bond donors (Lipinski definition) is 1. The number of pyridine rings is 1. The molecule has 1 aromatic rings. The summed E-state index contributed by atoms with van der Waals surface area (Å²) in [6.07, 6.45) is 3.83. The topological polar surface area (TPSA) is 42.1 Å². The van der Waals surface area contributed by atoms with Gasteiger partial charge in [0.1, 0.15) is 5.82 Å². The monoisotopic (exact) mass is 279 g/mol. The molecule has 20 heavy (non-hydrogen) atoms. The molecule has 4 heteroatoms. The van der Waals surface area contributed by atoms with Crippen molar-refractivity contribution in [3.8, 4) is 0 Å². The van der Waals surface area contributed by atoms with Crippen molar-refractivity contribution in [3.05, 3.63) is 29.8 Å². The highest BCUT2D eigenvalue weighted by Gasteiger charge is 2.27. The van der Waals surface area contributed by atoms with Gasteiger partial charge in [-0.25, -0.2) is 4.39 Å². The summed E-state index contributed by atoms with van der Waals surface area (Å²) in [5, 5.41) is 0. The Balaban J connectivity index is 1.96. The van der Waals surface area contributed by atoms with Crippen molar-refractivity contribution < 1.29 is 4.39 Å². The lowest BCUT2D eigenvalue weighted by atomic mass is 9.90. The van der Waals surface area contributed by atoms with Gasteiger partial charge in [-0.05, 0) is 50.3 Å². The Morgan fingerprint density at radius 3 is 2.85 bits per heavy atom. The summed E-state index contributed by atoms with van der Waals surface area (Å²) in [6.45, 7) is 8.91. The van der Waals surface area contributed by atoms with E-state index in [0.717, 1.165) is 24.7 Å². The van der Waals surface area contributed by atoms with Crippen molar-refractivity contribution in [3.63, 3.8) is 0 Å². The average Bonchev–Trinajstić information content (AvgIpc) is 2.44. The lowest BCUT2D eigenvalue weighted by molar-refractivity contribution is 0.0929. The summed E-state index contributed by atoms with van der Waals surface area (Å²) in [6, 6.07) is 3.60. The van der Waals surface area contributed by atoms with E-state index in [-0.39, 0.29) is 11.9 Å². The number of hydrogen-bond acceptors (Lipinski definition) is 3. The quantitative estimate of drug-likeness (QED) is 0.921. The van der Waals surface area contributed by atoms with Gasteiger partial charge >= 0.3 is 0 Å². The van der Waals surface area contributed by atoms with Crippen LogP contribution < -0.4 is 5.73 Å². The van der Waals surface area contributed by atoms with Crippen LogP contribution in [0.4, 0.5) is 4.39 Å². The molecule has 4 unspecified atom stereocenters. The number of aromatic nitrogens is 1. The predicted octanol–water partition coefficient (Wildman–Crippen LogP) is 2.98. The van der Waals surface area contributed by atoms with Crippen molar-refractivity contribution in [1.82, 2.24) is 9.88 Å². The van der Waals surface area contributed by atoms with Crippen LogP contribution in [0.1, 0.15) is 45.3 Å². The molecule has 1 saturated heterocycles. The molecule has 2 rings (SSSR count). The van der Waals surface area contributed by atoms with Crippen LogP contribution in [0.15, 0.2) is 18.3 Å². The molecule has 0 radical (unpaired) electrons. The predicted molar refractivity (Wildman–Crippen MR) is 79.7 cm³/mol. The molecule has 2 N–H and O–H groups in total. The van der Waals surface area contributed by atoms with Gasteiger partial charge in [0.15, 0.2) is 0 Å². The zero-order chi connectivity index (χ0) is 14.7. The van der Waals surface area contributed by atoms with Gasteiger partial charge in [-0.2, -0.15) is 0 Å². The first-order valence-electron chi connectivity index (χ1n) is 7.60. The fourth-order valence-electron chi connectivity index (χ4n) is 3.04. The molecule has 112 valence electrons. The molecule has 3 nitrogen and oxygen atoms in total. The Kier molecular flexibility index (Phi) is 5.11. The molecular weight excluding hydrogens is 253 g/mol. The van der Waals surface area contributed by atoms with Crippen molar-refractivity contribution in [2.24, 2.45) is 17.6 Å². The lowest BCUT2D eigenvalue weighted by Gasteiger charge is -2.40. The van der Waals surface area contributed by atoms with Crippen molar-refractivity contribution in [1.29, 1.82) is 0 Å². The van der Waals surface area contributed by atoms with Crippen LogP contribution in [-0.4, -0.2) is 29.0 Å². The van der Waals surface area contributed by atoms with E-state index in [1.54, 1.807) is 6.07 Å². The van der Waals surface area contributed by atoms with Crippen molar-refractivity contribution in [2.45, 2.75) is 45.7 Å². The molecule has 0 spiro atoms. The first kappa shape index (κ1) is 15.4. The van der Waals surface area contributed by atoms with Crippen LogP contribution in [0.25, 0.3) is 0 Å². The highest BCUT2D eigenvalue weighted by atomic mass is 19.1. The molecule has 0 aromatic carbocycles. The molecule has 2 heterocycles. The Morgan fingerprint density at radius 1 is 1.45 bits per heavy atom. The maximum absolute atomic E-state index is 12.9. The molecule has 1 aromatic heterocycles. The third-order valence-electron chi connectivity index (χ3n) is 4.73. The molecule has 0 bridgehead atoms. The number of halogens is 1. The zero-order valence-corrected chi connectivity index (χ0v) is 12.7. The van der Waals surface area contributed by atoms with Crippen LogP contribution in [0.2, 0.25) is 0 Å². The standard InChI is InChI=1S/C16H26FN3/c1-11-5-4-8-20(13(11)3)10-12(2)16(18)15-7-6-14(17)9-19-15/h6-7,9,11-13,16H,4-5,8,10,18H2,1-3H3. The normalized spacial score (nSPS) is 27.2. The number of nitrogens with two attached hydrogens (primary N) is 1. The maximum atomic E-state index is 12.9. The van der Waals surface area contributed by atoms with Gasteiger partial charge in [0.05, 0.1) is 17.9 Å². The largest absolute Gasteiger partial charge is 0.322 e. The average molecular weight is 279 g/mol. The lowest BCUT2D eigenvalue weighted by Crippen LogP contribution is -2.45. The molecule has 0 aliphatic carbocycles. The Morgan fingerprint density at radius 2 is 2.20 bits per heavy atom. The van der Waals surface area contributed by atoms with Gasteiger partial charge in [-0.15, -0.1) is 0 Å². The van der Waals surface area contributed by atoms with E-state index in [2.05, 4.69) is 30.7 Å². The van der Waals surface area contributed by atoms with Crippen LogP contribution in [0, 0.1) is 17.7 Å². The number of nitrogens with zero attached hydrogens (tertiary/aromatic N) is 2. The molecule has 4 atom stereocenters. The Hall–Kier alpha value is -1.00. The summed E-state index contributed by atoms with van der Waals surface area (Å²) in [5.41, 5.74) is 7.05. The Bertz CT molecular complexity index is 420. The fourth-order valence-corrected chi connectivity index (χ4v) is 3.04. The summed E-state index contributed by atoms with van der Waals surface area (Å²) in [5.74, 6) is 0.740. The minimum Gasteiger partial charge on any atom is -0.322 e. The minimum atomic E-state index is -0.313. The second kappa shape index (κ2) is 6.64. The highest BCUT2D eigenvalue weighted by Crippen LogP contribution is 2.26. The second-order valence-electron chi connectivity index (χ2n) is 6.26. The van der Waals surface area contributed by atoms with E-state index >= 15 is 0 Å². The first-order chi connectivity index (χ1) is 9.49. The van der Waals surface area contributed by atoms with E-state index in [9.17, 15) is 4.39 Å². The zero-order valence-electron chi connectivity index (χ0n) is 12.7. The van der Waals surface area contributed by atoms with Gasteiger partial charge in [0.25, 0.3) is 0 Å². The van der Waals surface area contributed by atoms with Gasteiger partial charge in [0, 0.05) is 12.6 Å². The first-order valence-corrected chi connectivity index (χ1v) is 7.60. The van der Waals surface area contributed by atoms with Gasteiger partial charge in [0.2, 0.25) is 0 Å². The third kappa shape index (κ3) is 3.55. The van der Waals surface area contributed by atoms with E-state index in [1.807, 2.05) is 0 Å². The third-order valence-corrected chi connectivity index (χ3v) is 4.73. The van der Waals surface area contributed by atoms with E-state index in [0.29, 0.717) is 12.0 Å². The van der Waals surface area contributed by atoms with Crippen LogP contribution in [0.3, 0.4) is 0 Å². The van der Waals surface area contributed by atoms with Crippen LogP contribution >= 0.6 is 0 Å². The van der Waals surface area contributed by atoms with E-state index in [4.69, 9.17) is 5.73 Å². The van der Waals surface area contributed by atoms with Gasteiger partial charge in [-0.1, -0.05) is 13.8 Å². The maximum Gasteiger partial charge on any atom is 0.141 e. The van der Waals surface area contributed by atoms with Gasteiger partial charge < -0.3 is 10.6 Å². The molecule has 0 saturated carbocycles. The Labute approximate surface area is 121 Å². The SMILES string of the molecule is CC(CN1CCCC(C)C1C)C(N)c1ccc(F)cn1. The summed E-state index contributed by atoms with van der Waals surface area (Å²) >= 11 is 0. The van der Waals surface area contributed by atoms with Crippen molar-refractivity contribution in [2.75, 3.05) is 13.1 Å². The number of rotatable bonds is 4. The van der Waals surface area contributed by atoms with Crippen LogP contribution in [0.5, 0.6) is 0 Å². The minimum absolute atomic E-state index is 0.139. The number of likely N-dealkylation sites (tertiary alicyclic amines) is 1. The molecule has 1 aliphatic rings. The number of piperidine rings is 1. The molecule has 0 amide bonds. The molecule has 1 aliphatic heterocycles. The fraction of sp³-hybridized carbons (Fsp3) is 0.688. The van der Waals surface area contributed by atoms with Crippen molar-refractivity contribution >= 4 is 0 Å². The second-order valence-corrected chi connectivity index (χ2v) is 6.26. The smallest absolute Gasteiger partial charge is 0.141 e. The summed E-state index contributed by atoms with van der Waals surface area (Å²) in [4.78, 5) is 6.64. The molecular formula is C16H26FN3. The highest BCUT2D eigenvalue weighted by molar-refractivity contribution is 5.10. The summed E-state index contributed by atoms with van der Waals surface area (Å²) < 4.78 is 12.9. The van der Waals surface area contributed by atoms with E-state index < -0.39 is 0 Å².